The fourth-order valence-corrected chi connectivity index (χ4v) is 3.58. The second-order valence-corrected chi connectivity index (χ2v) is 8.91. The second kappa shape index (κ2) is 9.86. The van der Waals surface area contributed by atoms with Gasteiger partial charge in [0, 0.05) is 34.5 Å². The van der Waals surface area contributed by atoms with Gasteiger partial charge in [0.25, 0.3) is 5.91 Å². The molecule has 0 spiro atoms. The Hall–Kier alpha value is -4.12. The van der Waals surface area contributed by atoms with Gasteiger partial charge in [-0.25, -0.2) is 4.98 Å². The number of nitrogens with zero attached hydrogens (tertiary/aromatic N) is 1. The highest BCUT2D eigenvalue weighted by Gasteiger charge is 2.32. The number of benzene rings is 2. The number of aryl methyl sites for hydroxylation is 3. The number of carbonyl (C=O) groups is 2. The van der Waals surface area contributed by atoms with Gasteiger partial charge in [0.15, 0.2) is 0 Å². The third kappa shape index (κ3) is 5.92. The van der Waals surface area contributed by atoms with Crippen molar-refractivity contribution < 1.29 is 22.8 Å². The summed E-state index contributed by atoms with van der Waals surface area (Å²) in [6.07, 6.45) is -1.12. The SMILES string of the molecule is Cc1ccc(C(=O)Nc2ccc(C)c(C(F)(F)F)c2)cc1C#Cc1cnc(NC(=O)C2CC2)c(C)c1. The maximum Gasteiger partial charge on any atom is 0.416 e. The summed E-state index contributed by atoms with van der Waals surface area (Å²) in [7, 11) is 0. The number of pyridine rings is 1. The van der Waals surface area contributed by atoms with Crippen molar-refractivity contribution in [2.45, 2.75) is 39.8 Å². The van der Waals surface area contributed by atoms with Crippen LogP contribution in [-0.4, -0.2) is 16.8 Å². The van der Waals surface area contributed by atoms with Crippen LogP contribution in [0.15, 0.2) is 48.7 Å². The van der Waals surface area contributed by atoms with Crippen molar-refractivity contribution in [2.24, 2.45) is 5.92 Å². The van der Waals surface area contributed by atoms with E-state index >= 15 is 0 Å². The summed E-state index contributed by atoms with van der Waals surface area (Å²) in [6.45, 7) is 5.06. The third-order valence-electron chi connectivity index (χ3n) is 5.91. The van der Waals surface area contributed by atoms with Crippen LogP contribution in [0, 0.1) is 38.5 Å². The second-order valence-electron chi connectivity index (χ2n) is 8.91. The van der Waals surface area contributed by atoms with E-state index in [1.54, 1.807) is 24.4 Å². The Balaban J connectivity index is 1.51. The minimum absolute atomic E-state index is 0.0181. The first kappa shape index (κ1) is 25.0. The van der Waals surface area contributed by atoms with Gasteiger partial charge in [-0.2, -0.15) is 13.2 Å². The van der Waals surface area contributed by atoms with Crippen LogP contribution in [0.2, 0.25) is 0 Å². The minimum Gasteiger partial charge on any atom is -0.322 e. The molecule has 1 aliphatic carbocycles. The maximum atomic E-state index is 13.2. The van der Waals surface area contributed by atoms with Gasteiger partial charge in [-0.15, -0.1) is 0 Å². The molecule has 36 heavy (non-hydrogen) atoms. The van der Waals surface area contributed by atoms with Crippen LogP contribution in [0.5, 0.6) is 0 Å². The predicted octanol–water partition coefficient (Wildman–Crippen LogP) is 6.03. The lowest BCUT2D eigenvalue weighted by atomic mass is 10.0. The fraction of sp³-hybridized carbons (Fsp3) is 0.250. The molecular weight excluding hydrogens is 467 g/mol. The van der Waals surface area contributed by atoms with E-state index in [-0.39, 0.29) is 28.6 Å². The highest BCUT2D eigenvalue weighted by atomic mass is 19.4. The molecule has 1 heterocycles. The first-order valence-electron chi connectivity index (χ1n) is 11.4. The number of halogens is 3. The standard InChI is InChI=1S/C28H24F3N3O2/c1-16-4-7-22(27(36)33-23-11-5-17(2)24(14-23)28(29,30)31)13-21(16)8-6-19-12-18(3)25(32-15-19)34-26(35)20-9-10-20/h4-5,7,11-15,20H,9-10H2,1-3H3,(H,33,36)(H,32,34,35). The summed E-state index contributed by atoms with van der Waals surface area (Å²) in [4.78, 5) is 29.0. The highest BCUT2D eigenvalue weighted by molar-refractivity contribution is 6.04. The molecule has 1 fully saturated rings. The van der Waals surface area contributed by atoms with Gasteiger partial charge in [0.1, 0.15) is 5.82 Å². The molecule has 0 unspecified atom stereocenters. The van der Waals surface area contributed by atoms with E-state index < -0.39 is 17.6 Å². The summed E-state index contributed by atoms with van der Waals surface area (Å²) in [5.74, 6) is 6.09. The van der Waals surface area contributed by atoms with Gasteiger partial charge in [0.05, 0.1) is 5.56 Å². The van der Waals surface area contributed by atoms with E-state index in [4.69, 9.17) is 0 Å². The molecule has 2 amide bonds. The minimum atomic E-state index is -4.51. The number of carbonyl (C=O) groups excluding carboxylic acids is 2. The molecule has 1 aromatic heterocycles. The number of nitrogens with one attached hydrogen (secondary N) is 2. The molecule has 0 radical (unpaired) electrons. The zero-order valence-electron chi connectivity index (χ0n) is 20.0. The van der Waals surface area contributed by atoms with Crippen LogP contribution < -0.4 is 10.6 Å². The quantitative estimate of drug-likeness (QED) is 0.438. The Bertz CT molecular complexity index is 1410. The van der Waals surface area contributed by atoms with Crippen molar-refractivity contribution in [3.63, 3.8) is 0 Å². The van der Waals surface area contributed by atoms with Crippen LogP contribution in [0.3, 0.4) is 0 Å². The molecule has 0 bridgehead atoms. The monoisotopic (exact) mass is 491 g/mol. The van der Waals surface area contributed by atoms with Crippen molar-refractivity contribution in [1.29, 1.82) is 0 Å². The molecule has 3 aromatic rings. The van der Waals surface area contributed by atoms with Crippen molar-refractivity contribution in [3.8, 4) is 11.8 Å². The molecule has 2 aromatic carbocycles. The number of rotatable bonds is 4. The number of alkyl halides is 3. The lowest BCUT2D eigenvalue weighted by Crippen LogP contribution is -2.15. The zero-order chi connectivity index (χ0) is 26.0. The Morgan fingerprint density at radius 1 is 0.917 bits per heavy atom. The number of hydrogen-bond donors (Lipinski definition) is 2. The van der Waals surface area contributed by atoms with Crippen molar-refractivity contribution in [2.75, 3.05) is 10.6 Å². The number of anilines is 2. The topological polar surface area (TPSA) is 71.1 Å². The average Bonchev–Trinajstić information content (AvgIpc) is 3.66. The molecule has 0 saturated heterocycles. The van der Waals surface area contributed by atoms with Crippen molar-refractivity contribution in [1.82, 2.24) is 4.98 Å². The maximum absolute atomic E-state index is 13.2. The molecule has 2 N–H and O–H groups in total. The van der Waals surface area contributed by atoms with E-state index in [2.05, 4.69) is 27.5 Å². The summed E-state index contributed by atoms with van der Waals surface area (Å²) in [5.41, 5.74) is 2.49. The smallest absolute Gasteiger partial charge is 0.322 e. The summed E-state index contributed by atoms with van der Waals surface area (Å²) >= 11 is 0. The van der Waals surface area contributed by atoms with Gasteiger partial charge >= 0.3 is 6.18 Å². The van der Waals surface area contributed by atoms with Crippen LogP contribution in [0.25, 0.3) is 0 Å². The Labute approximate surface area is 207 Å². The number of hydrogen-bond acceptors (Lipinski definition) is 3. The van der Waals surface area contributed by atoms with E-state index in [0.29, 0.717) is 16.9 Å². The van der Waals surface area contributed by atoms with Gasteiger partial charge in [-0.1, -0.05) is 24.0 Å². The molecule has 4 rings (SSSR count). The number of amides is 2. The lowest BCUT2D eigenvalue weighted by Gasteiger charge is -2.13. The van der Waals surface area contributed by atoms with E-state index in [1.165, 1.54) is 19.1 Å². The van der Waals surface area contributed by atoms with E-state index in [1.807, 2.05) is 19.9 Å². The van der Waals surface area contributed by atoms with E-state index in [9.17, 15) is 22.8 Å². The molecule has 8 heteroatoms. The normalized spacial score (nSPS) is 12.9. The lowest BCUT2D eigenvalue weighted by molar-refractivity contribution is -0.138. The van der Waals surface area contributed by atoms with Crippen molar-refractivity contribution in [3.05, 3.63) is 87.6 Å². The van der Waals surface area contributed by atoms with Gasteiger partial charge in [0.2, 0.25) is 5.91 Å². The van der Waals surface area contributed by atoms with Crippen LogP contribution in [0.4, 0.5) is 24.7 Å². The van der Waals surface area contributed by atoms with Crippen LogP contribution >= 0.6 is 0 Å². The molecule has 1 aliphatic rings. The summed E-state index contributed by atoms with van der Waals surface area (Å²) < 4.78 is 39.6. The molecule has 184 valence electrons. The molecular formula is C28H24F3N3O2. The van der Waals surface area contributed by atoms with Crippen molar-refractivity contribution >= 4 is 23.3 Å². The van der Waals surface area contributed by atoms with E-state index in [0.717, 1.165) is 30.0 Å². The van der Waals surface area contributed by atoms with Gasteiger partial charge < -0.3 is 10.6 Å². The summed E-state index contributed by atoms with van der Waals surface area (Å²) in [6, 6.07) is 10.4. The largest absolute Gasteiger partial charge is 0.416 e. The summed E-state index contributed by atoms with van der Waals surface area (Å²) in [5, 5.41) is 5.36. The Kier molecular flexibility index (Phi) is 6.84. The Morgan fingerprint density at radius 2 is 1.64 bits per heavy atom. The zero-order valence-corrected chi connectivity index (χ0v) is 20.0. The fourth-order valence-electron chi connectivity index (χ4n) is 3.58. The molecule has 0 atom stereocenters. The molecule has 5 nitrogen and oxygen atoms in total. The predicted molar refractivity (Wildman–Crippen MR) is 132 cm³/mol. The average molecular weight is 492 g/mol. The van der Waals surface area contributed by atoms with Gasteiger partial charge in [-0.05, 0) is 80.6 Å². The third-order valence-corrected chi connectivity index (χ3v) is 5.91. The highest BCUT2D eigenvalue weighted by Crippen LogP contribution is 2.33. The first-order valence-corrected chi connectivity index (χ1v) is 11.4. The number of aromatic nitrogens is 1. The molecule has 0 aliphatic heterocycles. The molecule has 1 saturated carbocycles. The first-order chi connectivity index (χ1) is 17.0. The Morgan fingerprint density at radius 3 is 2.31 bits per heavy atom. The van der Waals surface area contributed by atoms with Gasteiger partial charge in [-0.3, -0.25) is 9.59 Å². The van der Waals surface area contributed by atoms with Crippen LogP contribution in [-0.2, 0) is 11.0 Å². The van der Waals surface area contributed by atoms with Crippen LogP contribution in [0.1, 0.15) is 56.6 Å².